The molecule has 3 fully saturated rings. The Bertz CT molecular complexity index is 362. The standard InChI is InChI=1S/C17H27IO2/c1-2-15(18)16(19)20-17(8-4-3-5-9-17)14-11-12-6-7-13(14)10-12/h12-15H,2-11H2,1H3. The van der Waals surface area contributed by atoms with E-state index in [9.17, 15) is 4.79 Å². The average Bonchev–Trinajstić information content (AvgIpc) is 3.10. The summed E-state index contributed by atoms with van der Waals surface area (Å²) in [6, 6.07) is 0. The second kappa shape index (κ2) is 6.13. The molecule has 0 spiro atoms. The number of carbonyl (C=O) groups is 1. The number of fused-ring (bicyclic) bond motifs is 2. The molecule has 3 heteroatoms. The maximum Gasteiger partial charge on any atom is 0.319 e. The number of hydrogen-bond acceptors (Lipinski definition) is 2. The minimum absolute atomic E-state index is 0.0324. The fourth-order valence-electron chi connectivity index (χ4n) is 5.02. The molecule has 3 saturated carbocycles. The van der Waals surface area contributed by atoms with Gasteiger partial charge < -0.3 is 4.74 Å². The van der Waals surface area contributed by atoms with E-state index >= 15 is 0 Å². The summed E-state index contributed by atoms with van der Waals surface area (Å²) < 4.78 is 6.25. The molecule has 3 rings (SSSR count). The molecule has 0 saturated heterocycles. The summed E-state index contributed by atoms with van der Waals surface area (Å²) in [6.45, 7) is 2.07. The molecule has 0 aromatic heterocycles. The number of carbonyl (C=O) groups excluding carboxylic acids is 1. The van der Waals surface area contributed by atoms with Crippen molar-refractivity contribution in [2.75, 3.05) is 0 Å². The summed E-state index contributed by atoms with van der Waals surface area (Å²) in [7, 11) is 0. The number of hydrogen-bond donors (Lipinski definition) is 0. The van der Waals surface area contributed by atoms with Crippen LogP contribution >= 0.6 is 22.6 Å². The highest BCUT2D eigenvalue weighted by Crippen LogP contribution is 2.56. The van der Waals surface area contributed by atoms with Crippen LogP contribution in [0.1, 0.15) is 71.1 Å². The third-order valence-electron chi connectivity index (χ3n) is 6.03. The van der Waals surface area contributed by atoms with Crippen LogP contribution in [0.15, 0.2) is 0 Å². The Balaban J connectivity index is 1.76. The largest absolute Gasteiger partial charge is 0.458 e. The lowest BCUT2D eigenvalue weighted by molar-refractivity contribution is -0.173. The third kappa shape index (κ3) is 2.76. The Morgan fingerprint density at radius 2 is 2.00 bits per heavy atom. The Morgan fingerprint density at radius 3 is 2.55 bits per heavy atom. The summed E-state index contributed by atoms with van der Waals surface area (Å²) in [6.07, 6.45) is 12.5. The quantitative estimate of drug-likeness (QED) is 0.389. The van der Waals surface area contributed by atoms with Gasteiger partial charge in [-0.3, -0.25) is 4.79 Å². The van der Waals surface area contributed by atoms with E-state index < -0.39 is 0 Å². The molecule has 3 aliphatic carbocycles. The third-order valence-corrected chi connectivity index (χ3v) is 7.42. The first-order valence-corrected chi connectivity index (χ1v) is 9.76. The van der Waals surface area contributed by atoms with Crippen LogP contribution in [-0.4, -0.2) is 15.5 Å². The molecular formula is C17H27IO2. The van der Waals surface area contributed by atoms with Gasteiger partial charge >= 0.3 is 5.97 Å². The Hall–Kier alpha value is 0.200. The monoisotopic (exact) mass is 390 g/mol. The highest BCUT2D eigenvalue weighted by Gasteiger charge is 2.53. The number of alkyl halides is 1. The maximum atomic E-state index is 12.4. The van der Waals surface area contributed by atoms with E-state index in [2.05, 4.69) is 29.5 Å². The zero-order chi connectivity index (χ0) is 14.2. The topological polar surface area (TPSA) is 26.3 Å². The van der Waals surface area contributed by atoms with Crippen molar-refractivity contribution in [2.24, 2.45) is 17.8 Å². The molecule has 0 radical (unpaired) electrons. The molecule has 0 aromatic carbocycles. The van der Waals surface area contributed by atoms with Crippen LogP contribution in [0.4, 0.5) is 0 Å². The first-order valence-electron chi connectivity index (χ1n) is 8.51. The predicted octanol–water partition coefficient (Wildman–Crippen LogP) is 4.88. The number of esters is 1. The lowest BCUT2D eigenvalue weighted by Crippen LogP contribution is -2.47. The van der Waals surface area contributed by atoms with Gasteiger partial charge in [0.15, 0.2) is 0 Å². The summed E-state index contributed by atoms with van der Waals surface area (Å²) >= 11 is 2.25. The molecular weight excluding hydrogens is 363 g/mol. The van der Waals surface area contributed by atoms with Crippen molar-refractivity contribution in [2.45, 2.75) is 80.7 Å². The second-order valence-corrected chi connectivity index (χ2v) is 8.71. The minimum atomic E-state index is -0.0895. The van der Waals surface area contributed by atoms with Crippen molar-refractivity contribution < 1.29 is 9.53 Å². The molecule has 0 heterocycles. The van der Waals surface area contributed by atoms with Gasteiger partial charge in [0.2, 0.25) is 0 Å². The summed E-state index contributed by atoms with van der Waals surface area (Å²) in [5, 5.41) is 0. The van der Waals surface area contributed by atoms with E-state index in [1.54, 1.807) is 0 Å². The minimum Gasteiger partial charge on any atom is -0.458 e. The van der Waals surface area contributed by atoms with Crippen LogP contribution in [-0.2, 0) is 9.53 Å². The van der Waals surface area contributed by atoms with Crippen LogP contribution in [0.25, 0.3) is 0 Å². The molecule has 4 unspecified atom stereocenters. The molecule has 0 aromatic rings. The number of ether oxygens (including phenoxy) is 1. The van der Waals surface area contributed by atoms with E-state index in [0.717, 1.165) is 31.1 Å². The van der Waals surface area contributed by atoms with Gasteiger partial charge in [0.05, 0.1) is 0 Å². The van der Waals surface area contributed by atoms with Crippen molar-refractivity contribution >= 4 is 28.6 Å². The van der Waals surface area contributed by atoms with Crippen molar-refractivity contribution in [3.05, 3.63) is 0 Å². The van der Waals surface area contributed by atoms with Gasteiger partial charge in [0.25, 0.3) is 0 Å². The molecule has 0 aliphatic heterocycles. The van der Waals surface area contributed by atoms with Crippen molar-refractivity contribution in [1.82, 2.24) is 0 Å². The van der Waals surface area contributed by atoms with E-state index in [1.807, 2.05) is 0 Å². The Kier molecular flexibility index (Phi) is 4.63. The van der Waals surface area contributed by atoms with Crippen molar-refractivity contribution in [1.29, 1.82) is 0 Å². The van der Waals surface area contributed by atoms with Gasteiger partial charge in [-0.2, -0.15) is 0 Å². The van der Waals surface area contributed by atoms with E-state index in [4.69, 9.17) is 4.74 Å². The molecule has 20 heavy (non-hydrogen) atoms. The molecule has 114 valence electrons. The zero-order valence-corrected chi connectivity index (χ0v) is 14.7. The summed E-state index contributed by atoms with van der Waals surface area (Å²) in [4.78, 5) is 12.4. The molecule has 4 atom stereocenters. The van der Waals surface area contributed by atoms with Crippen molar-refractivity contribution in [3.63, 3.8) is 0 Å². The first kappa shape index (κ1) is 15.1. The van der Waals surface area contributed by atoms with E-state index in [1.165, 1.54) is 44.9 Å². The van der Waals surface area contributed by atoms with Crippen LogP contribution < -0.4 is 0 Å². The van der Waals surface area contributed by atoms with Gasteiger partial charge in [-0.1, -0.05) is 42.4 Å². The molecule has 3 aliphatic rings. The van der Waals surface area contributed by atoms with E-state index in [-0.39, 0.29) is 15.5 Å². The summed E-state index contributed by atoms with van der Waals surface area (Å²) in [5.41, 5.74) is -0.0895. The number of halogens is 1. The zero-order valence-electron chi connectivity index (χ0n) is 12.6. The van der Waals surface area contributed by atoms with Gasteiger partial charge in [-0.15, -0.1) is 0 Å². The normalized spacial score (nSPS) is 36.8. The molecule has 2 nitrogen and oxygen atoms in total. The Morgan fingerprint density at radius 1 is 1.25 bits per heavy atom. The lowest BCUT2D eigenvalue weighted by Gasteiger charge is -2.45. The number of rotatable bonds is 4. The van der Waals surface area contributed by atoms with Gasteiger partial charge in [-0.05, 0) is 63.2 Å². The van der Waals surface area contributed by atoms with Crippen LogP contribution in [0.5, 0.6) is 0 Å². The van der Waals surface area contributed by atoms with Gasteiger partial charge in [0.1, 0.15) is 9.53 Å². The fourth-order valence-corrected chi connectivity index (χ4v) is 5.15. The SMILES string of the molecule is CCC(I)C(=O)OC1(C2CC3CCC2C3)CCCCC1. The highest BCUT2D eigenvalue weighted by molar-refractivity contribution is 14.1. The average molecular weight is 390 g/mol. The first-order chi connectivity index (χ1) is 9.64. The second-order valence-electron chi connectivity index (χ2n) is 7.20. The molecule has 2 bridgehead atoms. The highest BCUT2D eigenvalue weighted by atomic mass is 127. The van der Waals surface area contributed by atoms with Crippen molar-refractivity contribution in [3.8, 4) is 0 Å². The van der Waals surface area contributed by atoms with Gasteiger partial charge in [0, 0.05) is 5.92 Å². The van der Waals surface area contributed by atoms with Crippen LogP contribution in [0.3, 0.4) is 0 Å². The molecule has 0 amide bonds. The predicted molar refractivity (Wildman–Crippen MR) is 88.9 cm³/mol. The Labute approximate surface area is 136 Å². The maximum absolute atomic E-state index is 12.4. The van der Waals surface area contributed by atoms with Crippen LogP contribution in [0, 0.1) is 17.8 Å². The van der Waals surface area contributed by atoms with E-state index in [0.29, 0.717) is 5.92 Å². The summed E-state index contributed by atoms with van der Waals surface area (Å²) in [5.74, 6) is 2.51. The fraction of sp³-hybridized carbons (Fsp3) is 0.941. The smallest absolute Gasteiger partial charge is 0.319 e. The molecule has 0 N–H and O–H groups in total. The van der Waals surface area contributed by atoms with Crippen LogP contribution in [0.2, 0.25) is 0 Å². The lowest BCUT2D eigenvalue weighted by atomic mass is 9.69. The van der Waals surface area contributed by atoms with Gasteiger partial charge in [-0.25, -0.2) is 0 Å².